The third-order valence-corrected chi connectivity index (χ3v) is 4.02. The Bertz CT molecular complexity index is 715. The van der Waals surface area contributed by atoms with Crippen LogP contribution in [0.1, 0.15) is 46.8 Å². The van der Waals surface area contributed by atoms with Crippen molar-refractivity contribution in [3.05, 3.63) is 63.8 Å². The maximum Gasteiger partial charge on any atom is 0.253 e. The molecule has 0 unspecified atom stereocenters. The Kier molecular flexibility index (Phi) is 3.56. The summed E-state index contributed by atoms with van der Waals surface area (Å²) in [5, 5.41) is 0. The molecular weight excluding hydrogens is 266 g/mol. The van der Waals surface area contributed by atoms with Crippen LogP contribution >= 0.6 is 0 Å². The van der Waals surface area contributed by atoms with Gasteiger partial charge in [0.05, 0.1) is 18.6 Å². The van der Waals surface area contributed by atoms with E-state index in [4.69, 9.17) is 5.73 Å². The molecule has 2 N–H and O–H groups in total. The Morgan fingerprint density at radius 2 is 2.00 bits per heavy atom. The van der Waals surface area contributed by atoms with Crippen molar-refractivity contribution in [3.8, 4) is 0 Å². The maximum absolute atomic E-state index is 12.1. The second kappa shape index (κ2) is 5.52. The predicted molar refractivity (Wildman–Crippen MR) is 79.2 cm³/mol. The topological polar surface area (TPSA) is 78.0 Å². The van der Waals surface area contributed by atoms with Crippen molar-refractivity contribution in [1.29, 1.82) is 0 Å². The van der Waals surface area contributed by atoms with Gasteiger partial charge >= 0.3 is 0 Å². The molecule has 3 rings (SSSR count). The molecule has 1 aliphatic rings. The number of nitrogens with two attached hydrogens (primary N) is 1. The number of nitrogens with zero attached hydrogens (tertiary/aromatic N) is 2. The van der Waals surface area contributed by atoms with Gasteiger partial charge in [-0.3, -0.25) is 14.2 Å². The van der Waals surface area contributed by atoms with Gasteiger partial charge in [-0.2, -0.15) is 0 Å². The van der Waals surface area contributed by atoms with E-state index >= 15 is 0 Å². The van der Waals surface area contributed by atoms with Gasteiger partial charge in [0.15, 0.2) is 0 Å². The van der Waals surface area contributed by atoms with Gasteiger partial charge < -0.3 is 5.73 Å². The average molecular weight is 283 g/mol. The highest BCUT2D eigenvalue weighted by molar-refractivity contribution is 5.92. The molecule has 1 aliphatic carbocycles. The molecule has 108 valence electrons. The van der Waals surface area contributed by atoms with Crippen molar-refractivity contribution in [2.75, 3.05) is 0 Å². The molecule has 5 nitrogen and oxygen atoms in total. The van der Waals surface area contributed by atoms with E-state index in [-0.39, 0.29) is 5.56 Å². The van der Waals surface area contributed by atoms with Gasteiger partial charge in [0.1, 0.15) is 0 Å². The summed E-state index contributed by atoms with van der Waals surface area (Å²) in [5.74, 6) is 0.00688. The summed E-state index contributed by atoms with van der Waals surface area (Å²) < 4.78 is 1.57. The Balaban J connectivity index is 1.78. The zero-order valence-corrected chi connectivity index (χ0v) is 11.7. The van der Waals surface area contributed by atoms with Crippen molar-refractivity contribution in [2.45, 2.75) is 31.7 Å². The molecule has 1 amide bonds. The molecule has 0 bridgehead atoms. The minimum absolute atomic E-state index is 0.0362. The molecule has 0 radical (unpaired) electrons. The molecule has 1 aromatic heterocycles. The van der Waals surface area contributed by atoms with Gasteiger partial charge in [-0.25, -0.2) is 4.98 Å². The van der Waals surface area contributed by atoms with E-state index in [1.54, 1.807) is 41.2 Å². The van der Waals surface area contributed by atoms with E-state index in [1.165, 1.54) is 6.42 Å². The van der Waals surface area contributed by atoms with Crippen LogP contribution in [0.4, 0.5) is 0 Å². The lowest BCUT2D eigenvalue weighted by Gasteiger charge is -2.24. The van der Waals surface area contributed by atoms with Crippen molar-refractivity contribution in [2.24, 2.45) is 5.73 Å². The second-order valence-corrected chi connectivity index (χ2v) is 5.47. The SMILES string of the molecule is NC(=O)c1ccc(Cn2cnc(C3CCC3)cc2=O)cc1. The third-order valence-electron chi connectivity index (χ3n) is 4.02. The van der Waals surface area contributed by atoms with Crippen LogP contribution in [-0.4, -0.2) is 15.5 Å². The number of carbonyl (C=O) groups is 1. The quantitative estimate of drug-likeness (QED) is 0.926. The Morgan fingerprint density at radius 1 is 1.29 bits per heavy atom. The fourth-order valence-corrected chi connectivity index (χ4v) is 2.46. The normalized spacial score (nSPS) is 14.7. The molecule has 0 atom stereocenters. The molecule has 1 heterocycles. The number of hydrogen-bond acceptors (Lipinski definition) is 3. The molecule has 1 saturated carbocycles. The molecule has 0 saturated heterocycles. The molecule has 1 fully saturated rings. The van der Waals surface area contributed by atoms with Crippen LogP contribution in [0.3, 0.4) is 0 Å². The number of aromatic nitrogens is 2. The van der Waals surface area contributed by atoms with E-state index in [0.717, 1.165) is 24.1 Å². The van der Waals surface area contributed by atoms with Crippen molar-refractivity contribution in [1.82, 2.24) is 9.55 Å². The fraction of sp³-hybridized carbons (Fsp3) is 0.312. The van der Waals surface area contributed by atoms with Crippen LogP contribution in [0.5, 0.6) is 0 Å². The number of primary amides is 1. The number of benzene rings is 1. The highest BCUT2D eigenvalue weighted by Crippen LogP contribution is 2.34. The summed E-state index contributed by atoms with van der Waals surface area (Å²) in [6, 6.07) is 8.57. The summed E-state index contributed by atoms with van der Waals surface area (Å²) in [4.78, 5) is 27.5. The molecule has 0 spiro atoms. The molecular formula is C16H17N3O2. The van der Waals surface area contributed by atoms with Crippen molar-refractivity contribution >= 4 is 5.91 Å². The zero-order valence-electron chi connectivity index (χ0n) is 11.7. The predicted octanol–water partition coefficient (Wildman–Crippen LogP) is 1.66. The minimum Gasteiger partial charge on any atom is -0.366 e. The summed E-state index contributed by atoms with van der Waals surface area (Å²) in [6.07, 6.45) is 5.09. The van der Waals surface area contributed by atoms with Gasteiger partial charge in [-0.15, -0.1) is 0 Å². The number of hydrogen-bond donors (Lipinski definition) is 1. The first-order chi connectivity index (χ1) is 10.1. The van der Waals surface area contributed by atoms with E-state index in [0.29, 0.717) is 18.0 Å². The average Bonchev–Trinajstić information content (AvgIpc) is 2.40. The molecule has 21 heavy (non-hydrogen) atoms. The maximum atomic E-state index is 12.1. The Hall–Kier alpha value is -2.43. The number of carbonyl (C=O) groups excluding carboxylic acids is 1. The van der Waals surface area contributed by atoms with Crippen LogP contribution in [0.25, 0.3) is 0 Å². The standard InChI is InChI=1S/C16H17N3O2/c17-16(21)13-6-4-11(5-7-13)9-19-10-18-14(8-15(19)20)12-2-1-3-12/h4-8,10,12H,1-3,9H2,(H2,17,21). The van der Waals surface area contributed by atoms with Gasteiger partial charge in [-0.05, 0) is 30.5 Å². The van der Waals surface area contributed by atoms with Gasteiger partial charge in [0, 0.05) is 17.5 Å². The van der Waals surface area contributed by atoms with Crippen LogP contribution in [-0.2, 0) is 6.54 Å². The largest absolute Gasteiger partial charge is 0.366 e. The van der Waals surface area contributed by atoms with E-state index in [1.807, 2.05) is 0 Å². The monoisotopic (exact) mass is 283 g/mol. The molecule has 5 heteroatoms. The number of amides is 1. The van der Waals surface area contributed by atoms with E-state index < -0.39 is 5.91 Å². The first-order valence-electron chi connectivity index (χ1n) is 7.08. The highest BCUT2D eigenvalue weighted by Gasteiger charge is 2.21. The van der Waals surface area contributed by atoms with Gasteiger partial charge in [0.25, 0.3) is 5.56 Å². The Labute approximate surface area is 122 Å². The van der Waals surface area contributed by atoms with Crippen LogP contribution in [0.15, 0.2) is 41.5 Å². The van der Waals surface area contributed by atoms with Crippen molar-refractivity contribution < 1.29 is 4.79 Å². The van der Waals surface area contributed by atoms with Crippen LogP contribution in [0, 0.1) is 0 Å². The zero-order chi connectivity index (χ0) is 14.8. The van der Waals surface area contributed by atoms with E-state index in [9.17, 15) is 9.59 Å². The fourth-order valence-electron chi connectivity index (χ4n) is 2.46. The molecule has 1 aromatic carbocycles. The van der Waals surface area contributed by atoms with Crippen molar-refractivity contribution in [3.63, 3.8) is 0 Å². The van der Waals surface area contributed by atoms with Crippen LogP contribution < -0.4 is 11.3 Å². The van der Waals surface area contributed by atoms with Gasteiger partial charge in [0.2, 0.25) is 5.91 Å². The number of rotatable bonds is 4. The summed E-state index contributed by atoms with van der Waals surface area (Å²) >= 11 is 0. The lowest BCUT2D eigenvalue weighted by atomic mass is 9.83. The van der Waals surface area contributed by atoms with Crippen LogP contribution in [0.2, 0.25) is 0 Å². The molecule has 0 aliphatic heterocycles. The smallest absolute Gasteiger partial charge is 0.253 e. The third kappa shape index (κ3) is 2.86. The summed E-state index contributed by atoms with van der Waals surface area (Å²) in [6.45, 7) is 0.440. The first kappa shape index (κ1) is 13.5. The summed E-state index contributed by atoms with van der Waals surface area (Å²) in [7, 11) is 0. The first-order valence-corrected chi connectivity index (χ1v) is 7.08. The lowest BCUT2D eigenvalue weighted by molar-refractivity contribution is 0.100. The highest BCUT2D eigenvalue weighted by atomic mass is 16.1. The summed E-state index contributed by atoms with van der Waals surface area (Å²) in [5.41, 5.74) is 7.47. The lowest BCUT2D eigenvalue weighted by Crippen LogP contribution is -2.23. The Morgan fingerprint density at radius 3 is 2.52 bits per heavy atom. The second-order valence-electron chi connectivity index (χ2n) is 5.47. The van der Waals surface area contributed by atoms with E-state index in [2.05, 4.69) is 4.98 Å². The molecule has 2 aromatic rings. The minimum atomic E-state index is -0.453. The van der Waals surface area contributed by atoms with Gasteiger partial charge in [-0.1, -0.05) is 18.6 Å².